The third-order valence-electron chi connectivity index (χ3n) is 3.37. The number of ether oxygens (including phenoxy) is 1. The summed E-state index contributed by atoms with van der Waals surface area (Å²) in [5.74, 6) is -0.731. The number of nitrogens with one attached hydrogen (secondary N) is 1. The number of H-pyrrole nitrogens is 1. The van der Waals surface area contributed by atoms with Crippen LogP contribution in [0.2, 0.25) is 0 Å². The van der Waals surface area contributed by atoms with E-state index >= 15 is 0 Å². The molecule has 3 aromatic rings. The van der Waals surface area contributed by atoms with Gasteiger partial charge in [-0.2, -0.15) is 22.9 Å². The number of aromatic nitrogens is 3. The van der Waals surface area contributed by atoms with Crippen molar-refractivity contribution in [2.45, 2.75) is 12.8 Å². The molecule has 1 aromatic heterocycles. The summed E-state index contributed by atoms with van der Waals surface area (Å²) in [5.41, 5.74) is 1.48. The highest BCUT2D eigenvalue weighted by molar-refractivity contribution is 7.71. The first kappa shape index (κ1) is 17.9. The summed E-state index contributed by atoms with van der Waals surface area (Å²) in [6.45, 7) is 0.324. The van der Waals surface area contributed by atoms with Crippen LogP contribution in [-0.4, -0.2) is 21.1 Å². The number of hydrogen-bond acceptors (Lipinski definition) is 4. The van der Waals surface area contributed by atoms with E-state index in [1.165, 1.54) is 6.21 Å². The first-order valence-corrected chi connectivity index (χ1v) is 7.91. The third kappa shape index (κ3) is 4.17. The second-order valence-corrected chi connectivity index (χ2v) is 5.61. The molecular weight excluding hydrogens is 365 g/mol. The largest absolute Gasteiger partial charge is 0.488 e. The van der Waals surface area contributed by atoms with Crippen molar-refractivity contribution in [2.24, 2.45) is 5.10 Å². The van der Waals surface area contributed by atoms with Gasteiger partial charge in [0, 0.05) is 5.56 Å². The lowest BCUT2D eigenvalue weighted by atomic mass is 10.2. The molecule has 0 fully saturated rings. The van der Waals surface area contributed by atoms with Gasteiger partial charge in [-0.05, 0) is 29.9 Å². The minimum atomic E-state index is -4.67. The Kier molecular flexibility index (Phi) is 5.17. The lowest BCUT2D eigenvalue weighted by Gasteiger charge is -2.09. The highest BCUT2D eigenvalue weighted by atomic mass is 32.1. The lowest BCUT2D eigenvalue weighted by molar-refractivity contribution is -0.147. The molecule has 1 N–H and O–H groups in total. The Bertz CT molecular complexity index is 964. The predicted molar refractivity (Wildman–Crippen MR) is 92.6 cm³/mol. The summed E-state index contributed by atoms with van der Waals surface area (Å²) in [5, 5.41) is 9.08. The average molecular weight is 378 g/mol. The molecule has 2 aromatic carbocycles. The fourth-order valence-corrected chi connectivity index (χ4v) is 2.34. The number of halogens is 3. The molecule has 0 aliphatic heterocycles. The minimum absolute atomic E-state index is 0.253. The Morgan fingerprint density at radius 1 is 1.12 bits per heavy atom. The van der Waals surface area contributed by atoms with Gasteiger partial charge in [0.2, 0.25) is 4.77 Å². The van der Waals surface area contributed by atoms with Crippen LogP contribution in [0.5, 0.6) is 5.75 Å². The summed E-state index contributed by atoms with van der Waals surface area (Å²) >= 11 is 4.80. The van der Waals surface area contributed by atoms with Gasteiger partial charge in [-0.3, -0.25) is 0 Å². The number of nitrogens with zero attached hydrogens (tertiary/aromatic N) is 3. The second-order valence-electron chi connectivity index (χ2n) is 5.22. The van der Waals surface area contributed by atoms with Crippen LogP contribution < -0.4 is 4.74 Å². The number of rotatable bonds is 5. The number of para-hydroxylation sites is 1. The third-order valence-corrected chi connectivity index (χ3v) is 3.64. The lowest BCUT2D eigenvalue weighted by Crippen LogP contribution is -2.12. The molecular formula is C17H13F3N4OS. The molecule has 0 saturated heterocycles. The number of hydrogen-bond donors (Lipinski definition) is 1. The zero-order valence-electron chi connectivity index (χ0n) is 13.3. The van der Waals surface area contributed by atoms with E-state index in [9.17, 15) is 13.2 Å². The van der Waals surface area contributed by atoms with Crippen LogP contribution >= 0.6 is 12.2 Å². The van der Waals surface area contributed by atoms with Crippen LogP contribution in [-0.2, 0) is 12.8 Å². The normalized spacial score (nSPS) is 11.8. The van der Waals surface area contributed by atoms with Crippen molar-refractivity contribution >= 4 is 18.4 Å². The van der Waals surface area contributed by atoms with E-state index < -0.39 is 12.0 Å². The Morgan fingerprint density at radius 2 is 1.81 bits per heavy atom. The first-order valence-electron chi connectivity index (χ1n) is 7.50. The Morgan fingerprint density at radius 3 is 2.54 bits per heavy atom. The average Bonchev–Trinajstić information content (AvgIpc) is 3.01. The molecule has 0 aliphatic rings. The van der Waals surface area contributed by atoms with Gasteiger partial charge < -0.3 is 4.74 Å². The SMILES string of the molecule is FC(F)(F)c1n[nH]c(=S)n1/N=C\c1ccccc1OCc1ccccc1. The van der Waals surface area contributed by atoms with Crippen molar-refractivity contribution in [3.63, 3.8) is 0 Å². The molecule has 0 saturated carbocycles. The van der Waals surface area contributed by atoms with Gasteiger partial charge in [0.25, 0.3) is 5.82 Å². The second kappa shape index (κ2) is 7.52. The highest BCUT2D eigenvalue weighted by Crippen LogP contribution is 2.27. The molecule has 9 heteroatoms. The van der Waals surface area contributed by atoms with Gasteiger partial charge in [0.1, 0.15) is 12.4 Å². The van der Waals surface area contributed by atoms with E-state index in [1.807, 2.05) is 30.3 Å². The molecule has 0 unspecified atom stereocenters. The van der Waals surface area contributed by atoms with Crippen LogP contribution in [0.25, 0.3) is 0 Å². The Hall–Kier alpha value is -2.94. The molecule has 0 atom stereocenters. The topological polar surface area (TPSA) is 55.2 Å². The Labute approximate surface area is 151 Å². The maximum absolute atomic E-state index is 12.9. The summed E-state index contributed by atoms with van der Waals surface area (Å²) in [6.07, 6.45) is -3.42. The minimum Gasteiger partial charge on any atom is -0.488 e. The van der Waals surface area contributed by atoms with E-state index in [1.54, 1.807) is 24.3 Å². The summed E-state index contributed by atoms with van der Waals surface area (Å²) in [4.78, 5) is 0. The fourth-order valence-electron chi connectivity index (χ4n) is 2.16. The first-order chi connectivity index (χ1) is 12.4. The summed E-state index contributed by atoms with van der Waals surface area (Å²) in [7, 11) is 0. The van der Waals surface area contributed by atoms with Crippen molar-refractivity contribution < 1.29 is 17.9 Å². The Balaban J connectivity index is 1.84. The highest BCUT2D eigenvalue weighted by Gasteiger charge is 2.37. The van der Waals surface area contributed by atoms with Crippen LogP contribution in [0.15, 0.2) is 59.7 Å². The quantitative estimate of drug-likeness (QED) is 0.528. The molecule has 0 spiro atoms. The monoisotopic (exact) mass is 378 g/mol. The maximum atomic E-state index is 12.9. The van der Waals surface area contributed by atoms with Gasteiger partial charge in [0.05, 0.1) is 6.21 Å². The zero-order chi connectivity index (χ0) is 18.6. The molecule has 0 radical (unpaired) electrons. The van der Waals surface area contributed by atoms with E-state index in [4.69, 9.17) is 17.0 Å². The number of aromatic amines is 1. The molecule has 26 heavy (non-hydrogen) atoms. The van der Waals surface area contributed by atoms with Crippen LogP contribution in [0, 0.1) is 4.77 Å². The number of benzene rings is 2. The smallest absolute Gasteiger partial charge is 0.453 e. The molecule has 5 nitrogen and oxygen atoms in total. The summed E-state index contributed by atoms with van der Waals surface area (Å²) < 4.78 is 44.8. The van der Waals surface area contributed by atoms with E-state index in [2.05, 4.69) is 15.3 Å². The van der Waals surface area contributed by atoms with Gasteiger partial charge in [-0.15, -0.1) is 5.10 Å². The molecule has 0 bridgehead atoms. The van der Waals surface area contributed by atoms with Gasteiger partial charge >= 0.3 is 6.18 Å². The van der Waals surface area contributed by atoms with Gasteiger partial charge in [-0.1, -0.05) is 42.5 Å². The number of alkyl halides is 3. The molecule has 3 rings (SSSR count). The zero-order valence-corrected chi connectivity index (χ0v) is 14.1. The van der Waals surface area contributed by atoms with Crippen molar-refractivity contribution in [1.82, 2.24) is 14.9 Å². The molecule has 134 valence electrons. The molecule has 0 amide bonds. The van der Waals surface area contributed by atoms with Crippen molar-refractivity contribution in [3.8, 4) is 5.75 Å². The van der Waals surface area contributed by atoms with Crippen LogP contribution in [0.1, 0.15) is 17.0 Å². The van der Waals surface area contributed by atoms with Crippen molar-refractivity contribution in [1.29, 1.82) is 0 Å². The van der Waals surface area contributed by atoms with Crippen molar-refractivity contribution in [2.75, 3.05) is 0 Å². The maximum Gasteiger partial charge on any atom is 0.453 e. The fraction of sp³-hybridized carbons (Fsp3) is 0.118. The van der Waals surface area contributed by atoms with Gasteiger partial charge in [0.15, 0.2) is 0 Å². The van der Waals surface area contributed by atoms with E-state index in [-0.39, 0.29) is 4.77 Å². The van der Waals surface area contributed by atoms with E-state index in [0.717, 1.165) is 5.56 Å². The molecule has 0 aliphatic carbocycles. The molecule has 1 heterocycles. The van der Waals surface area contributed by atoms with Crippen molar-refractivity contribution in [3.05, 3.63) is 76.3 Å². The van der Waals surface area contributed by atoms with E-state index in [0.29, 0.717) is 22.6 Å². The summed E-state index contributed by atoms with van der Waals surface area (Å²) in [6, 6.07) is 16.4. The standard InChI is InChI=1S/C17H13F3N4OS/c18-17(19,20)15-22-23-16(26)24(15)21-10-13-8-4-5-9-14(13)25-11-12-6-2-1-3-7-12/h1-10H,11H2,(H,23,26)/b21-10-. The van der Waals surface area contributed by atoms with Gasteiger partial charge in [-0.25, -0.2) is 5.10 Å². The predicted octanol–water partition coefficient (Wildman–Crippen LogP) is 4.42. The van der Waals surface area contributed by atoms with Crippen LogP contribution in [0.3, 0.4) is 0 Å². The van der Waals surface area contributed by atoms with Crippen LogP contribution in [0.4, 0.5) is 13.2 Å².